The SMILES string of the molecule is CC#Cc1ccc(-c2ccccc2NC(=O)c2c(C(N)=O)cccc2-c2cn(C)nc2C(F)F)cc1. The summed E-state index contributed by atoms with van der Waals surface area (Å²) in [5.41, 5.74) is 7.94. The van der Waals surface area contributed by atoms with E-state index in [0.29, 0.717) is 5.69 Å². The predicted molar refractivity (Wildman–Crippen MR) is 135 cm³/mol. The van der Waals surface area contributed by atoms with Crippen molar-refractivity contribution in [2.75, 3.05) is 5.32 Å². The number of para-hydroxylation sites is 1. The summed E-state index contributed by atoms with van der Waals surface area (Å²) in [7, 11) is 1.50. The maximum atomic E-state index is 13.7. The molecule has 0 aliphatic heterocycles. The van der Waals surface area contributed by atoms with Crippen LogP contribution < -0.4 is 11.1 Å². The molecule has 0 radical (unpaired) electrons. The second kappa shape index (κ2) is 10.2. The first-order valence-electron chi connectivity index (χ1n) is 11.0. The molecule has 0 saturated carbocycles. The van der Waals surface area contributed by atoms with Crippen LogP contribution in [-0.4, -0.2) is 21.6 Å². The number of halogens is 2. The van der Waals surface area contributed by atoms with Gasteiger partial charge in [-0.05, 0) is 42.3 Å². The van der Waals surface area contributed by atoms with Gasteiger partial charge in [-0.1, -0.05) is 48.4 Å². The molecular formula is C28H22F2N4O2. The Morgan fingerprint density at radius 2 is 1.67 bits per heavy atom. The Kier molecular flexibility index (Phi) is 6.93. The fraction of sp³-hybridized carbons (Fsp3) is 0.107. The number of carbonyl (C=O) groups excluding carboxylic acids is 2. The van der Waals surface area contributed by atoms with Gasteiger partial charge in [0.05, 0.1) is 11.1 Å². The minimum absolute atomic E-state index is 0.0432. The molecule has 1 aromatic heterocycles. The largest absolute Gasteiger partial charge is 0.366 e. The van der Waals surface area contributed by atoms with E-state index in [4.69, 9.17) is 5.73 Å². The van der Waals surface area contributed by atoms with Gasteiger partial charge in [-0.15, -0.1) is 5.92 Å². The Morgan fingerprint density at radius 3 is 2.33 bits per heavy atom. The van der Waals surface area contributed by atoms with E-state index in [1.165, 1.54) is 36.1 Å². The molecule has 0 bridgehead atoms. The molecule has 0 aliphatic rings. The topological polar surface area (TPSA) is 90.0 Å². The van der Waals surface area contributed by atoms with E-state index in [9.17, 15) is 18.4 Å². The van der Waals surface area contributed by atoms with Crippen molar-refractivity contribution in [1.29, 1.82) is 0 Å². The van der Waals surface area contributed by atoms with Gasteiger partial charge in [0.15, 0.2) is 0 Å². The fourth-order valence-corrected chi connectivity index (χ4v) is 4.01. The standard InChI is InChI=1S/C28H22F2N4O2/c1-3-7-17-12-14-18(15-13-17)19-8-4-5-11-23(19)32-28(36)24-20(9-6-10-21(24)27(31)35)22-16-34(2)33-25(22)26(29)30/h4-6,8-16,26H,1-2H3,(H2,31,35)(H,32,36). The fourth-order valence-electron chi connectivity index (χ4n) is 4.01. The number of nitrogens with one attached hydrogen (secondary N) is 1. The van der Waals surface area contributed by atoms with Crippen molar-refractivity contribution in [3.8, 4) is 34.1 Å². The number of anilines is 1. The second-order valence-electron chi connectivity index (χ2n) is 7.95. The molecule has 0 fully saturated rings. The molecule has 180 valence electrons. The highest BCUT2D eigenvalue weighted by Crippen LogP contribution is 2.35. The van der Waals surface area contributed by atoms with E-state index in [1.54, 1.807) is 19.1 Å². The second-order valence-corrected chi connectivity index (χ2v) is 7.95. The van der Waals surface area contributed by atoms with Crippen LogP contribution in [0, 0.1) is 11.8 Å². The lowest BCUT2D eigenvalue weighted by Crippen LogP contribution is -2.21. The van der Waals surface area contributed by atoms with Crippen LogP contribution in [0.2, 0.25) is 0 Å². The van der Waals surface area contributed by atoms with Crippen LogP contribution in [0.1, 0.15) is 45.3 Å². The van der Waals surface area contributed by atoms with Crippen LogP contribution in [0.25, 0.3) is 22.3 Å². The Hall–Kier alpha value is -4.77. The highest BCUT2D eigenvalue weighted by Gasteiger charge is 2.26. The minimum atomic E-state index is -2.88. The van der Waals surface area contributed by atoms with E-state index in [0.717, 1.165) is 16.7 Å². The molecule has 0 saturated heterocycles. The summed E-state index contributed by atoms with van der Waals surface area (Å²) in [6.45, 7) is 1.76. The van der Waals surface area contributed by atoms with Crippen molar-refractivity contribution in [3.63, 3.8) is 0 Å². The normalized spacial score (nSPS) is 10.6. The number of hydrogen-bond donors (Lipinski definition) is 2. The van der Waals surface area contributed by atoms with E-state index in [-0.39, 0.29) is 22.3 Å². The number of rotatable bonds is 6. The third-order valence-corrected chi connectivity index (χ3v) is 5.55. The lowest BCUT2D eigenvalue weighted by molar-refractivity contribution is 0.0977. The molecular weight excluding hydrogens is 462 g/mol. The van der Waals surface area contributed by atoms with Crippen molar-refractivity contribution in [1.82, 2.24) is 9.78 Å². The molecule has 2 amide bonds. The zero-order valence-corrected chi connectivity index (χ0v) is 19.5. The maximum Gasteiger partial charge on any atom is 0.282 e. The zero-order valence-electron chi connectivity index (χ0n) is 19.5. The molecule has 0 aliphatic carbocycles. The summed E-state index contributed by atoms with van der Waals surface area (Å²) in [5.74, 6) is 4.31. The van der Waals surface area contributed by atoms with Crippen molar-refractivity contribution >= 4 is 17.5 Å². The third kappa shape index (κ3) is 4.86. The first kappa shape index (κ1) is 24.4. The van der Waals surface area contributed by atoms with Crippen LogP contribution in [-0.2, 0) is 7.05 Å². The van der Waals surface area contributed by atoms with Gasteiger partial charge in [-0.2, -0.15) is 5.10 Å². The van der Waals surface area contributed by atoms with Crippen molar-refractivity contribution < 1.29 is 18.4 Å². The quantitative estimate of drug-likeness (QED) is 0.359. The number of aryl methyl sites for hydroxylation is 1. The molecule has 4 rings (SSSR count). The first-order valence-corrected chi connectivity index (χ1v) is 11.0. The van der Waals surface area contributed by atoms with Crippen molar-refractivity contribution in [2.45, 2.75) is 13.3 Å². The van der Waals surface area contributed by atoms with Crippen LogP contribution in [0.3, 0.4) is 0 Å². The number of primary amides is 1. The number of alkyl halides is 2. The lowest BCUT2D eigenvalue weighted by Gasteiger charge is -2.16. The van der Waals surface area contributed by atoms with E-state index >= 15 is 0 Å². The van der Waals surface area contributed by atoms with Gasteiger partial charge in [0.1, 0.15) is 5.69 Å². The molecule has 6 nitrogen and oxygen atoms in total. The van der Waals surface area contributed by atoms with E-state index < -0.39 is 23.9 Å². The van der Waals surface area contributed by atoms with E-state index in [2.05, 4.69) is 22.3 Å². The van der Waals surface area contributed by atoms with Gasteiger partial charge in [0, 0.05) is 35.6 Å². The Bertz CT molecular complexity index is 1510. The number of nitrogens with zero attached hydrogens (tertiary/aromatic N) is 2. The Labute approximate surface area is 206 Å². The average Bonchev–Trinajstić information content (AvgIpc) is 3.26. The number of carbonyl (C=O) groups is 2. The minimum Gasteiger partial charge on any atom is -0.366 e. The highest BCUT2D eigenvalue weighted by molar-refractivity contribution is 6.16. The summed E-state index contributed by atoms with van der Waals surface area (Å²) in [6.07, 6.45) is -1.50. The maximum absolute atomic E-state index is 13.7. The summed E-state index contributed by atoms with van der Waals surface area (Å²) in [5, 5.41) is 6.67. The molecule has 0 unspecified atom stereocenters. The monoisotopic (exact) mass is 484 g/mol. The Balaban J connectivity index is 1.80. The van der Waals surface area contributed by atoms with Gasteiger partial charge in [0.25, 0.3) is 12.3 Å². The predicted octanol–water partition coefficient (Wildman–Crippen LogP) is 5.41. The summed E-state index contributed by atoms with van der Waals surface area (Å²) < 4.78 is 28.6. The molecule has 4 aromatic rings. The number of hydrogen-bond acceptors (Lipinski definition) is 3. The van der Waals surface area contributed by atoms with Gasteiger partial charge in [-0.3, -0.25) is 14.3 Å². The van der Waals surface area contributed by atoms with Crippen molar-refractivity contribution in [3.05, 3.63) is 95.3 Å². The molecule has 36 heavy (non-hydrogen) atoms. The highest BCUT2D eigenvalue weighted by atomic mass is 19.3. The summed E-state index contributed by atoms with van der Waals surface area (Å²) in [4.78, 5) is 25.8. The number of benzene rings is 3. The number of amides is 2. The average molecular weight is 485 g/mol. The van der Waals surface area contributed by atoms with Gasteiger partial charge in [0.2, 0.25) is 5.91 Å². The lowest BCUT2D eigenvalue weighted by atomic mass is 9.94. The van der Waals surface area contributed by atoms with Crippen LogP contribution in [0.5, 0.6) is 0 Å². The summed E-state index contributed by atoms with van der Waals surface area (Å²) in [6, 6.07) is 19.0. The smallest absolute Gasteiger partial charge is 0.282 e. The van der Waals surface area contributed by atoms with Crippen LogP contribution in [0.4, 0.5) is 14.5 Å². The first-order chi connectivity index (χ1) is 17.3. The molecule has 0 spiro atoms. The molecule has 3 aromatic carbocycles. The van der Waals surface area contributed by atoms with Crippen LogP contribution >= 0.6 is 0 Å². The third-order valence-electron chi connectivity index (χ3n) is 5.55. The van der Waals surface area contributed by atoms with Crippen molar-refractivity contribution in [2.24, 2.45) is 12.8 Å². The Morgan fingerprint density at radius 1 is 0.972 bits per heavy atom. The molecule has 0 atom stereocenters. The van der Waals surface area contributed by atoms with Crippen LogP contribution in [0.15, 0.2) is 72.9 Å². The molecule has 1 heterocycles. The summed E-state index contributed by atoms with van der Waals surface area (Å²) >= 11 is 0. The van der Waals surface area contributed by atoms with Gasteiger partial charge in [-0.25, -0.2) is 8.78 Å². The number of nitrogens with two attached hydrogens (primary N) is 1. The van der Waals surface area contributed by atoms with Gasteiger partial charge < -0.3 is 11.1 Å². The van der Waals surface area contributed by atoms with Gasteiger partial charge >= 0.3 is 0 Å². The molecule has 8 heteroatoms. The van der Waals surface area contributed by atoms with E-state index in [1.807, 2.05) is 36.4 Å². The zero-order chi connectivity index (χ0) is 25.8. The molecule has 3 N–H and O–H groups in total. The number of aromatic nitrogens is 2.